The summed E-state index contributed by atoms with van der Waals surface area (Å²) in [6.07, 6.45) is 4.85. The van der Waals surface area contributed by atoms with Gasteiger partial charge >= 0.3 is 0 Å². The molecule has 0 amide bonds. The molecule has 0 radical (unpaired) electrons. The fourth-order valence-electron chi connectivity index (χ4n) is 2.40. The van der Waals surface area contributed by atoms with Crippen molar-refractivity contribution in [2.24, 2.45) is 0 Å². The minimum Gasteiger partial charge on any atom is -0.485 e. The number of aliphatic hydroxyl groups excluding tert-OH is 1. The molecule has 5 heteroatoms. The van der Waals surface area contributed by atoms with Crippen LogP contribution >= 0.6 is 11.6 Å². The van der Waals surface area contributed by atoms with E-state index in [1.807, 2.05) is 0 Å². The molecule has 3 nitrogen and oxygen atoms in total. The molecule has 1 aromatic rings. The van der Waals surface area contributed by atoms with Gasteiger partial charge in [0.1, 0.15) is 0 Å². The van der Waals surface area contributed by atoms with Gasteiger partial charge in [-0.05, 0) is 37.8 Å². The second kappa shape index (κ2) is 7.70. The summed E-state index contributed by atoms with van der Waals surface area (Å²) in [7, 11) is 0. The van der Waals surface area contributed by atoms with Crippen LogP contribution in [0.2, 0.25) is 0 Å². The lowest BCUT2D eigenvalue weighted by molar-refractivity contribution is 0.149. The van der Waals surface area contributed by atoms with Crippen LogP contribution in [0.3, 0.4) is 0 Å². The Balaban J connectivity index is 2.05. The highest BCUT2D eigenvalue weighted by molar-refractivity contribution is 6.18. The summed E-state index contributed by atoms with van der Waals surface area (Å²) in [4.78, 5) is 0. The Morgan fingerprint density at radius 1 is 1.35 bits per heavy atom. The van der Waals surface area contributed by atoms with Crippen LogP contribution in [-0.2, 0) is 0 Å². The van der Waals surface area contributed by atoms with E-state index in [0.717, 1.165) is 25.7 Å². The van der Waals surface area contributed by atoms with Crippen molar-refractivity contribution in [2.45, 2.75) is 44.3 Å². The highest BCUT2D eigenvalue weighted by Gasteiger charge is 2.19. The van der Waals surface area contributed by atoms with E-state index in [1.54, 1.807) is 12.1 Å². The third kappa shape index (κ3) is 4.25. The number of halogens is 2. The number of ether oxygens (including phenoxy) is 1. The molecule has 0 bridgehead atoms. The predicted molar refractivity (Wildman–Crippen MR) is 79.1 cm³/mol. The molecular weight excluding hydrogens is 281 g/mol. The van der Waals surface area contributed by atoms with Gasteiger partial charge in [0, 0.05) is 6.54 Å². The molecule has 2 rings (SSSR count). The van der Waals surface area contributed by atoms with E-state index in [4.69, 9.17) is 16.3 Å². The highest BCUT2D eigenvalue weighted by atomic mass is 35.5. The third-order valence-corrected chi connectivity index (χ3v) is 3.87. The van der Waals surface area contributed by atoms with E-state index < -0.39 is 6.10 Å². The summed E-state index contributed by atoms with van der Waals surface area (Å²) in [6.45, 7) is 0.272. The number of para-hydroxylation sites is 1. The fraction of sp³-hybridized carbons (Fsp3) is 0.600. The minimum absolute atomic E-state index is 0.0825. The molecule has 1 unspecified atom stereocenters. The summed E-state index contributed by atoms with van der Waals surface area (Å²) < 4.78 is 19.8. The zero-order valence-electron chi connectivity index (χ0n) is 11.4. The first-order chi connectivity index (χ1) is 9.70. The van der Waals surface area contributed by atoms with Gasteiger partial charge in [0.2, 0.25) is 0 Å². The van der Waals surface area contributed by atoms with Gasteiger partial charge in [-0.2, -0.15) is 0 Å². The van der Waals surface area contributed by atoms with E-state index in [9.17, 15) is 9.50 Å². The van der Waals surface area contributed by atoms with Gasteiger partial charge in [-0.3, -0.25) is 0 Å². The number of benzene rings is 1. The van der Waals surface area contributed by atoms with Crippen LogP contribution in [0.5, 0.6) is 5.75 Å². The molecule has 0 spiro atoms. The van der Waals surface area contributed by atoms with Crippen LogP contribution in [0, 0.1) is 5.82 Å². The molecule has 1 saturated carbocycles. The third-order valence-electron chi connectivity index (χ3n) is 3.51. The summed E-state index contributed by atoms with van der Waals surface area (Å²) in [5.74, 6) is 0.0170. The maximum absolute atomic E-state index is 14.0. The maximum atomic E-state index is 14.0. The average Bonchev–Trinajstić information content (AvgIpc) is 2.48. The van der Waals surface area contributed by atoms with Crippen molar-refractivity contribution in [3.8, 4) is 5.75 Å². The van der Waals surface area contributed by atoms with Gasteiger partial charge in [0.05, 0.1) is 23.8 Å². The van der Waals surface area contributed by atoms with Gasteiger partial charge < -0.3 is 15.2 Å². The first kappa shape index (κ1) is 15.4. The van der Waals surface area contributed by atoms with Gasteiger partial charge in [0.15, 0.2) is 11.6 Å². The molecule has 20 heavy (non-hydrogen) atoms. The fourth-order valence-corrected chi connectivity index (χ4v) is 2.51. The topological polar surface area (TPSA) is 41.5 Å². The number of nitrogens with one attached hydrogen (secondary N) is 1. The molecular formula is C15H21ClFNO2. The molecule has 1 fully saturated rings. The van der Waals surface area contributed by atoms with Crippen molar-refractivity contribution in [1.82, 2.24) is 0 Å². The molecule has 2 N–H and O–H groups in total. The van der Waals surface area contributed by atoms with E-state index >= 15 is 0 Å². The van der Waals surface area contributed by atoms with Crippen LogP contribution in [0.15, 0.2) is 18.2 Å². The van der Waals surface area contributed by atoms with Crippen molar-refractivity contribution in [1.29, 1.82) is 0 Å². The van der Waals surface area contributed by atoms with E-state index in [1.165, 1.54) is 12.5 Å². The first-order valence-corrected chi connectivity index (χ1v) is 7.67. The Morgan fingerprint density at radius 3 is 2.80 bits per heavy atom. The van der Waals surface area contributed by atoms with Crippen LogP contribution in [-0.4, -0.2) is 29.7 Å². The lowest BCUT2D eigenvalue weighted by Crippen LogP contribution is -2.23. The standard InChI is InChI=1S/C15H21ClFNO2/c16-9-11(19)10-18-14-8-4-7-13(17)15(14)20-12-5-2-1-3-6-12/h4,7-8,11-12,18-19H,1-3,5-6,9-10H2. The Labute approximate surface area is 124 Å². The van der Waals surface area contributed by atoms with E-state index in [0.29, 0.717) is 5.69 Å². The SMILES string of the molecule is OC(CCl)CNc1cccc(F)c1OC1CCCCC1. The zero-order valence-corrected chi connectivity index (χ0v) is 12.2. The predicted octanol–water partition coefficient (Wildman–Crippen LogP) is 3.55. The molecule has 0 aliphatic heterocycles. The largest absolute Gasteiger partial charge is 0.485 e. The molecule has 0 saturated heterocycles. The molecule has 1 aliphatic rings. The smallest absolute Gasteiger partial charge is 0.178 e. The Hall–Kier alpha value is -1.00. The lowest BCUT2D eigenvalue weighted by Gasteiger charge is -2.25. The Bertz CT molecular complexity index is 424. The van der Waals surface area contributed by atoms with Gasteiger partial charge in [-0.25, -0.2) is 4.39 Å². The number of anilines is 1. The number of hydrogen-bond acceptors (Lipinski definition) is 3. The van der Waals surface area contributed by atoms with Gasteiger partial charge in [-0.1, -0.05) is 12.5 Å². The van der Waals surface area contributed by atoms with Crippen molar-refractivity contribution < 1.29 is 14.2 Å². The maximum Gasteiger partial charge on any atom is 0.178 e. The lowest BCUT2D eigenvalue weighted by atomic mass is 9.98. The van der Waals surface area contributed by atoms with Crippen LogP contribution in [0.4, 0.5) is 10.1 Å². The van der Waals surface area contributed by atoms with Crippen LogP contribution < -0.4 is 10.1 Å². The molecule has 1 aromatic carbocycles. The van der Waals surface area contributed by atoms with Gasteiger partial charge in [-0.15, -0.1) is 11.6 Å². The molecule has 0 heterocycles. The van der Waals surface area contributed by atoms with Crippen molar-refractivity contribution in [2.75, 3.05) is 17.7 Å². The van der Waals surface area contributed by atoms with Crippen molar-refractivity contribution in [3.63, 3.8) is 0 Å². The molecule has 0 aromatic heterocycles. The van der Waals surface area contributed by atoms with Crippen LogP contribution in [0.1, 0.15) is 32.1 Å². The molecule has 1 atom stereocenters. The minimum atomic E-state index is -0.664. The average molecular weight is 302 g/mol. The van der Waals surface area contributed by atoms with Gasteiger partial charge in [0.25, 0.3) is 0 Å². The normalized spacial score (nSPS) is 17.8. The second-order valence-corrected chi connectivity index (χ2v) is 5.49. The van der Waals surface area contributed by atoms with E-state index in [-0.39, 0.29) is 30.1 Å². The zero-order chi connectivity index (χ0) is 14.4. The first-order valence-electron chi connectivity index (χ1n) is 7.13. The molecule has 1 aliphatic carbocycles. The van der Waals surface area contributed by atoms with E-state index in [2.05, 4.69) is 5.32 Å². The summed E-state index contributed by atoms with van der Waals surface area (Å²) in [5, 5.41) is 12.5. The molecule has 112 valence electrons. The number of hydrogen-bond donors (Lipinski definition) is 2. The monoisotopic (exact) mass is 301 g/mol. The van der Waals surface area contributed by atoms with Crippen molar-refractivity contribution >= 4 is 17.3 Å². The second-order valence-electron chi connectivity index (χ2n) is 5.18. The number of rotatable bonds is 6. The Kier molecular flexibility index (Phi) is 5.92. The van der Waals surface area contributed by atoms with Crippen LogP contribution in [0.25, 0.3) is 0 Å². The highest BCUT2D eigenvalue weighted by Crippen LogP contribution is 2.31. The number of aliphatic hydroxyl groups is 1. The quantitative estimate of drug-likeness (QED) is 0.790. The summed E-state index contributed by atoms with van der Waals surface area (Å²) >= 11 is 5.55. The summed E-state index contributed by atoms with van der Waals surface area (Å²) in [6, 6.07) is 4.77. The number of alkyl halides is 1. The van der Waals surface area contributed by atoms with Crippen molar-refractivity contribution in [3.05, 3.63) is 24.0 Å². The Morgan fingerprint density at radius 2 is 2.10 bits per heavy atom. The summed E-state index contributed by atoms with van der Waals surface area (Å²) in [5.41, 5.74) is 0.569.